The van der Waals surface area contributed by atoms with Gasteiger partial charge in [0, 0.05) is 18.5 Å². The van der Waals surface area contributed by atoms with Crippen molar-refractivity contribution in [3.63, 3.8) is 0 Å². The molecule has 0 fully saturated rings. The van der Waals surface area contributed by atoms with Crippen molar-refractivity contribution in [2.24, 2.45) is 0 Å². The van der Waals surface area contributed by atoms with Gasteiger partial charge in [0.15, 0.2) is 0 Å². The van der Waals surface area contributed by atoms with Gasteiger partial charge in [0.1, 0.15) is 5.82 Å². The normalized spacial score (nSPS) is 12.4. The molecule has 0 saturated heterocycles. The highest BCUT2D eigenvalue weighted by Gasteiger charge is 2.15. The van der Waals surface area contributed by atoms with Crippen LogP contribution in [0, 0.1) is 0 Å². The van der Waals surface area contributed by atoms with Gasteiger partial charge in [-0.05, 0) is 25.5 Å². The molecule has 0 radical (unpaired) electrons. The second-order valence-corrected chi connectivity index (χ2v) is 4.72. The first-order chi connectivity index (χ1) is 9.04. The van der Waals surface area contributed by atoms with E-state index in [4.69, 9.17) is 0 Å². The molecule has 2 aromatic rings. The van der Waals surface area contributed by atoms with Crippen molar-refractivity contribution in [2.45, 2.75) is 26.3 Å². The number of para-hydroxylation sites is 1. The second kappa shape index (κ2) is 5.26. The molecular weight excluding hydrogens is 240 g/mol. The molecule has 0 saturated carbocycles. The molecule has 1 N–H and O–H groups in total. The van der Waals surface area contributed by atoms with Gasteiger partial charge >= 0.3 is 5.97 Å². The maximum Gasteiger partial charge on any atom is 0.336 e. The first kappa shape index (κ1) is 13.3. The van der Waals surface area contributed by atoms with E-state index in [1.54, 1.807) is 12.1 Å². The van der Waals surface area contributed by atoms with Crippen molar-refractivity contribution >= 4 is 22.7 Å². The van der Waals surface area contributed by atoms with E-state index < -0.39 is 5.97 Å². The maximum atomic E-state index is 11.4. The molecule has 0 aliphatic heterocycles. The highest BCUT2D eigenvalue weighted by Crippen LogP contribution is 2.23. The van der Waals surface area contributed by atoms with Crippen LogP contribution in [0.15, 0.2) is 30.3 Å². The predicted octanol–water partition coefficient (Wildman–Crippen LogP) is 3.17. The first-order valence-electron chi connectivity index (χ1n) is 6.40. The van der Waals surface area contributed by atoms with Gasteiger partial charge in [-0.3, -0.25) is 0 Å². The predicted molar refractivity (Wildman–Crippen MR) is 76.9 cm³/mol. The van der Waals surface area contributed by atoms with Gasteiger partial charge in [0.25, 0.3) is 0 Å². The zero-order chi connectivity index (χ0) is 14.0. The average Bonchev–Trinajstić information content (AvgIpc) is 2.44. The van der Waals surface area contributed by atoms with E-state index >= 15 is 0 Å². The van der Waals surface area contributed by atoms with Crippen LogP contribution < -0.4 is 4.90 Å². The van der Waals surface area contributed by atoms with Gasteiger partial charge < -0.3 is 10.0 Å². The highest BCUT2D eigenvalue weighted by molar-refractivity contribution is 6.03. The smallest absolute Gasteiger partial charge is 0.336 e. The molecule has 1 heterocycles. The minimum atomic E-state index is -0.919. The van der Waals surface area contributed by atoms with E-state index in [2.05, 4.69) is 18.8 Å². The first-order valence-corrected chi connectivity index (χ1v) is 6.40. The summed E-state index contributed by atoms with van der Waals surface area (Å²) in [6.07, 6.45) is 0.980. The molecule has 1 atom stereocenters. The highest BCUT2D eigenvalue weighted by atomic mass is 16.4. The number of nitrogens with zero attached hydrogens (tertiary/aromatic N) is 2. The molecule has 2 rings (SSSR count). The van der Waals surface area contributed by atoms with Crippen molar-refractivity contribution in [1.82, 2.24) is 4.98 Å². The fraction of sp³-hybridized carbons (Fsp3) is 0.333. The Kier molecular flexibility index (Phi) is 3.69. The Labute approximate surface area is 112 Å². The number of anilines is 1. The summed E-state index contributed by atoms with van der Waals surface area (Å²) in [5.74, 6) is -0.220. The van der Waals surface area contributed by atoms with Crippen LogP contribution in [0.4, 0.5) is 5.82 Å². The molecule has 1 aromatic carbocycles. The van der Waals surface area contributed by atoms with Crippen molar-refractivity contribution in [3.05, 3.63) is 35.9 Å². The lowest BCUT2D eigenvalue weighted by Crippen LogP contribution is -2.29. The van der Waals surface area contributed by atoms with E-state index in [0.717, 1.165) is 6.42 Å². The van der Waals surface area contributed by atoms with Crippen LogP contribution in [-0.2, 0) is 0 Å². The Bertz CT molecular complexity index is 610. The summed E-state index contributed by atoms with van der Waals surface area (Å²) in [4.78, 5) is 17.9. The van der Waals surface area contributed by atoms with Gasteiger partial charge in [-0.15, -0.1) is 0 Å². The Morgan fingerprint density at radius 1 is 1.42 bits per heavy atom. The van der Waals surface area contributed by atoms with E-state index in [1.165, 1.54) is 0 Å². The van der Waals surface area contributed by atoms with E-state index in [0.29, 0.717) is 28.3 Å². The zero-order valence-corrected chi connectivity index (χ0v) is 11.4. The molecule has 0 aliphatic rings. The molecule has 0 amide bonds. The molecule has 4 heteroatoms. The number of fused-ring (bicyclic) bond motifs is 1. The topological polar surface area (TPSA) is 53.4 Å². The molecule has 4 nitrogen and oxygen atoms in total. The standard InChI is InChI=1S/C15H18N2O2/c1-4-10(2)17(3)14-9-12(15(18)19)11-7-5-6-8-13(11)16-14/h5-10H,4H2,1-3H3,(H,18,19). The number of aromatic carboxylic acids is 1. The Morgan fingerprint density at radius 3 is 2.74 bits per heavy atom. The summed E-state index contributed by atoms with van der Waals surface area (Å²) in [5.41, 5.74) is 1.02. The third-order valence-corrected chi connectivity index (χ3v) is 3.55. The monoisotopic (exact) mass is 258 g/mol. The third-order valence-electron chi connectivity index (χ3n) is 3.55. The summed E-state index contributed by atoms with van der Waals surface area (Å²) in [7, 11) is 1.94. The lowest BCUT2D eigenvalue weighted by atomic mass is 10.1. The molecular formula is C15H18N2O2. The van der Waals surface area contributed by atoms with Crippen LogP contribution >= 0.6 is 0 Å². The molecule has 1 unspecified atom stereocenters. The number of rotatable bonds is 4. The average molecular weight is 258 g/mol. The third kappa shape index (κ3) is 2.52. The maximum absolute atomic E-state index is 11.4. The number of pyridine rings is 1. The Balaban J connectivity index is 2.61. The lowest BCUT2D eigenvalue weighted by molar-refractivity contribution is 0.0699. The SMILES string of the molecule is CCC(C)N(C)c1cc(C(=O)O)c2ccccc2n1. The number of carbonyl (C=O) groups is 1. The molecule has 0 spiro atoms. The van der Waals surface area contributed by atoms with Crippen LogP contribution in [0.25, 0.3) is 10.9 Å². The minimum Gasteiger partial charge on any atom is -0.478 e. The Morgan fingerprint density at radius 2 is 2.11 bits per heavy atom. The largest absolute Gasteiger partial charge is 0.478 e. The van der Waals surface area contributed by atoms with Crippen molar-refractivity contribution in [1.29, 1.82) is 0 Å². The minimum absolute atomic E-state index is 0.302. The number of carboxylic acids is 1. The van der Waals surface area contributed by atoms with Gasteiger partial charge in [-0.25, -0.2) is 9.78 Å². The van der Waals surface area contributed by atoms with E-state index in [1.807, 2.05) is 30.1 Å². The van der Waals surface area contributed by atoms with Crippen LogP contribution in [0.1, 0.15) is 30.6 Å². The van der Waals surface area contributed by atoms with Gasteiger partial charge in [0.2, 0.25) is 0 Å². The summed E-state index contributed by atoms with van der Waals surface area (Å²) >= 11 is 0. The summed E-state index contributed by atoms with van der Waals surface area (Å²) in [5, 5.41) is 10.0. The van der Waals surface area contributed by atoms with Crippen molar-refractivity contribution in [3.8, 4) is 0 Å². The summed E-state index contributed by atoms with van der Waals surface area (Å²) in [6.45, 7) is 4.19. The van der Waals surface area contributed by atoms with Crippen molar-refractivity contribution < 1.29 is 9.90 Å². The number of benzene rings is 1. The van der Waals surface area contributed by atoms with Crippen LogP contribution in [-0.4, -0.2) is 29.1 Å². The summed E-state index contributed by atoms with van der Waals surface area (Å²) < 4.78 is 0. The van der Waals surface area contributed by atoms with E-state index in [-0.39, 0.29) is 0 Å². The summed E-state index contributed by atoms with van der Waals surface area (Å²) in [6, 6.07) is 9.30. The quantitative estimate of drug-likeness (QED) is 0.915. The number of hydrogen-bond donors (Lipinski definition) is 1. The van der Waals surface area contributed by atoms with Crippen LogP contribution in [0.5, 0.6) is 0 Å². The van der Waals surface area contributed by atoms with Gasteiger partial charge in [-0.1, -0.05) is 25.1 Å². The molecule has 1 aromatic heterocycles. The number of hydrogen-bond acceptors (Lipinski definition) is 3. The molecule has 100 valence electrons. The van der Waals surface area contributed by atoms with Crippen LogP contribution in [0.3, 0.4) is 0 Å². The van der Waals surface area contributed by atoms with Crippen molar-refractivity contribution in [2.75, 3.05) is 11.9 Å². The molecule has 0 aliphatic carbocycles. The van der Waals surface area contributed by atoms with Gasteiger partial charge in [0.05, 0.1) is 11.1 Å². The second-order valence-electron chi connectivity index (χ2n) is 4.72. The van der Waals surface area contributed by atoms with E-state index in [9.17, 15) is 9.90 Å². The fourth-order valence-electron chi connectivity index (χ4n) is 2.02. The fourth-order valence-corrected chi connectivity index (χ4v) is 2.02. The lowest BCUT2D eigenvalue weighted by Gasteiger charge is -2.25. The number of carboxylic acid groups (broad SMARTS) is 1. The molecule has 19 heavy (non-hydrogen) atoms. The molecule has 0 bridgehead atoms. The van der Waals surface area contributed by atoms with Crippen LogP contribution in [0.2, 0.25) is 0 Å². The number of aromatic nitrogens is 1. The Hall–Kier alpha value is -2.10. The van der Waals surface area contributed by atoms with Gasteiger partial charge in [-0.2, -0.15) is 0 Å². The zero-order valence-electron chi connectivity index (χ0n) is 11.4.